The van der Waals surface area contributed by atoms with Gasteiger partial charge >= 0.3 is 6.18 Å². The van der Waals surface area contributed by atoms with Crippen LogP contribution in [0, 0.1) is 0 Å². The monoisotopic (exact) mass is 294 g/mol. The quantitative estimate of drug-likeness (QED) is 0.932. The molecule has 1 aromatic heterocycles. The van der Waals surface area contributed by atoms with Gasteiger partial charge in [-0.05, 0) is 36.2 Å². The fourth-order valence-corrected chi connectivity index (χ4v) is 1.93. The second kappa shape index (κ2) is 5.95. The fraction of sp³-hybridized carbons (Fsp3) is 0.200. The van der Waals surface area contributed by atoms with Crippen LogP contribution >= 0.6 is 0 Å². The lowest BCUT2D eigenvalue weighted by atomic mass is 10.0. The van der Waals surface area contributed by atoms with Gasteiger partial charge in [0.15, 0.2) is 0 Å². The van der Waals surface area contributed by atoms with Crippen molar-refractivity contribution in [2.24, 2.45) is 0 Å². The maximum atomic E-state index is 13.0. The summed E-state index contributed by atoms with van der Waals surface area (Å²) in [4.78, 5) is 15.8. The predicted molar refractivity (Wildman–Crippen MR) is 73.0 cm³/mol. The van der Waals surface area contributed by atoms with Crippen molar-refractivity contribution in [3.05, 3.63) is 59.4 Å². The number of hydrogen-bond donors (Lipinski definition) is 1. The molecule has 0 atom stereocenters. The van der Waals surface area contributed by atoms with Crippen LogP contribution in [0.4, 0.5) is 18.9 Å². The van der Waals surface area contributed by atoms with E-state index in [9.17, 15) is 18.0 Å². The number of halogens is 3. The topological polar surface area (TPSA) is 42.0 Å². The van der Waals surface area contributed by atoms with Crippen LogP contribution in [-0.4, -0.2) is 10.9 Å². The van der Waals surface area contributed by atoms with Crippen LogP contribution in [0.5, 0.6) is 0 Å². The molecule has 1 heterocycles. The molecule has 6 heteroatoms. The highest BCUT2D eigenvalue weighted by atomic mass is 19.4. The number of aromatic nitrogens is 1. The number of alkyl halides is 3. The van der Waals surface area contributed by atoms with Gasteiger partial charge in [0.05, 0.1) is 17.4 Å². The average molecular weight is 294 g/mol. The van der Waals surface area contributed by atoms with Gasteiger partial charge in [-0.1, -0.05) is 13.0 Å². The Bertz CT molecular complexity index is 639. The van der Waals surface area contributed by atoms with Crippen LogP contribution < -0.4 is 5.32 Å². The standard InChI is InChI=1S/C15H13F3N2O/c1-2-10-5-6-11(8-13(10)15(16,17)18)14(21)20-12-4-3-7-19-9-12/h3-9H,2H2,1H3,(H,20,21). The van der Waals surface area contributed by atoms with E-state index in [1.54, 1.807) is 19.1 Å². The molecule has 0 saturated heterocycles. The van der Waals surface area contributed by atoms with Crippen molar-refractivity contribution in [3.8, 4) is 0 Å². The largest absolute Gasteiger partial charge is 0.416 e. The summed E-state index contributed by atoms with van der Waals surface area (Å²) < 4.78 is 38.9. The first-order chi connectivity index (χ1) is 9.91. The van der Waals surface area contributed by atoms with Crippen molar-refractivity contribution in [2.45, 2.75) is 19.5 Å². The van der Waals surface area contributed by atoms with Gasteiger partial charge in [0.2, 0.25) is 0 Å². The average Bonchev–Trinajstić information content (AvgIpc) is 2.46. The van der Waals surface area contributed by atoms with Crippen LogP contribution in [0.15, 0.2) is 42.7 Å². The van der Waals surface area contributed by atoms with E-state index in [0.29, 0.717) is 5.69 Å². The number of amides is 1. The number of aryl methyl sites for hydroxylation is 1. The molecule has 0 aliphatic heterocycles. The Balaban J connectivity index is 2.30. The fourth-order valence-electron chi connectivity index (χ4n) is 1.93. The molecular weight excluding hydrogens is 281 g/mol. The normalized spacial score (nSPS) is 11.2. The first-order valence-corrected chi connectivity index (χ1v) is 6.33. The molecule has 0 spiro atoms. The smallest absolute Gasteiger partial charge is 0.321 e. The highest BCUT2D eigenvalue weighted by Gasteiger charge is 2.33. The Morgan fingerprint density at radius 1 is 1.29 bits per heavy atom. The van der Waals surface area contributed by atoms with E-state index in [1.165, 1.54) is 24.5 Å². The number of carbonyl (C=O) groups excluding carboxylic acids is 1. The minimum atomic E-state index is -4.48. The molecule has 1 amide bonds. The van der Waals surface area contributed by atoms with Crippen molar-refractivity contribution in [2.75, 3.05) is 5.32 Å². The second-order valence-electron chi connectivity index (χ2n) is 4.42. The number of nitrogens with zero attached hydrogens (tertiary/aromatic N) is 1. The number of hydrogen-bond acceptors (Lipinski definition) is 2. The van der Waals surface area contributed by atoms with Gasteiger partial charge in [0, 0.05) is 11.8 Å². The maximum absolute atomic E-state index is 13.0. The Hall–Kier alpha value is -2.37. The van der Waals surface area contributed by atoms with Crippen LogP contribution in [-0.2, 0) is 12.6 Å². The number of carbonyl (C=O) groups is 1. The lowest BCUT2D eigenvalue weighted by Crippen LogP contribution is -2.15. The van der Waals surface area contributed by atoms with Gasteiger partial charge in [-0.15, -0.1) is 0 Å². The number of rotatable bonds is 3. The van der Waals surface area contributed by atoms with E-state index in [2.05, 4.69) is 10.3 Å². The van der Waals surface area contributed by atoms with E-state index in [-0.39, 0.29) is 17.5 Å². The van der Waals surface area contributed by atoms with Crippen LogP contribution in [0.1, 0.15) is 28.4 Å². The second-order valence-corrected chi connectivity index (χ2v) is 4.42. The zero-order valence-corrected chi connectivity index (χ0v) is 11.2. The molecule has 21 heavy (non-hydrogen) atoms. The lowest BCUT2D eigenvalue weighted by Gasteiger charge is -2.13. The Morgan fingerprint density at radius 3 is 2.62 bits per heavy atom. The minimum absolute atomic E-state index is 0.0385. The summed E-state index contributed by atoms with van der Waals surface area (Å²) in [5, 5.41) is 2.51. The number of pyridine rings is 1. The summed E-state index contributed by atoms with van der Waals surface area (Å²) in [6.07, 6.45) is -1.27. The maximum Gasteiger partial charge on any atom is 0.416 e. The molecule has 3 nitrogen and oxygen atoms in total. The van der Waals surface area contributed by atoms with Gasteiger partial charge in [-0.25, -0.2) is 0 Å². The lowest BCUT2D eigenvalue weighted by molar-refractivity contribution is -0.138. The van der Waals surface area contributed by atoms with E-state index in [4.69, 9.17) is 0 Å². The van der Waals surface area contributed by atoms with Gasteiger partial charge < -0.3 is 5.32 Å². The molecule has 1 aromatic carbocycles. The summed E-state index contributed by atoms with van der Waals surface area (Å²) in [5.41, 5.74) is -0.219. The zero-order valence-electron chi connectivity index (χ0n) is 11.2. The summed E-state index contributed by atoms with van der Waals surface area (Å²) in [5.74, 6) is -0.601. The molecule has 0 fully saturated rings. The predicted octanol–water partition coefficient (Wildman–Crippen LogP) is 3.92. The van der Waals surface area contributed by atoms with Crippen molar-refractivity contribution in [1.82, 2.24) is 4.98 Å². The van der Waals surface area contributed by atoms with E-state index >= 15 is 0 Å². The van der Waals surface area contributed by atoms with Gasteiger partial charge in [-0.3, -0.25) is 9.78 Å². The van der Waals surface area contributed by atoms with Crippen LogP contribution in [0.25, 0.3) is 0 Å². The zero-order chi connectivity index (χ0) is 15.5. The summed E-state index contributed by atoms with van der Waals surface area (Å²) in [7, 11) is 0. The molecule has 0 unspecified atom stereocenters. The Morgan fingerprint density at radius 2 is 2.05 bits per heavy atom. The van der Waals surface area contributed by atoms with Crippen molar-refractivity contribution < 1.29 is 18.0 Å². The third-order valence-electron chi connectivity index (χ3n) is 2.98. The SMILES string of the molecule is CCc1ccc(C(=O)Nc2cccnc2)cc1C(F)(F)F. The summed E-state index contributed by atoms with van der Waals surface area (Å²) in [6.45, 7) is 1.64. The Kier molecular flexibility index (Phi) is 4.26. The molecule has 2 aromatic rings. The molecular formula is C15H13F3N2O. The molecule has 2 rings (SSSR count). The van der Waals surface area contributed by atoms with Crippen molar-refractivity contribution in [1.29, 1.82) is 0 Å². The first kappa shape index (κ1) is 15.0. The molecule has 110 valence electrons. The molecule has 0 saturated carbocycles. The molecule has 0 radical (unpaired) electrons. The summed E-state index contributed by atoms with van der Waals surface area (Å²) >= 11 is 0. The van der Waals surface area contributed by atoms with Crippen molar-refractivity contribution in [3.63, 3.8) is 0 Å². The molecule has 0 aliphatic rings. The number of nitrogens with one attached hydrogen (secondary N) is 1. The van der Waals surface area contributed by atoms with Gasteiger partial charge in [-0.2, -0.15) is 13.2 Å². The van der Waals surface area contributed by atoms with E-state index in [0.717, 1.165) is 6.07 Å². The Labute approximate surface area is 119 Å². The highest BCUT2D eigenvalue weighted by molar-refractivity contribution is 6.04. The summed E-state index contributed by atoms with van der Waals surface area (Å²) in [6, 6.07) is 6.83. The molecule has 1 N–H and O–H groups in total. The van der Waals surface area contributed by atoms with E-state index in [1.807, 2.05) is 0 Å². The first-order valence-electron chi connectivity index (χ1n) is 6.33. The third-order valence-corrected chi connectivity index (χ3v) is 2.98. The number of benzene rings is 1. The molecule has 0 aliphatic carbocycles. The highest BCUT2D eigenvalue weighted by Crippen LogP contribution is 2.33. The third kappa shape index (κ3) is 3.59. The van der Waals surface area contributed by atoms with E-state index < -0.39 is 17.6 Å². The van der Waals surface area contributed by atoms with Gasteiger partial charge in [0.25, 0.3) is 5.91 Å². The minimum Gasteiger partial charge on any atom is -0.321 e. The number of anilines is 1. The van der Waals surface area contributed by atoms with Gasteiger partial charge in [0.1, 0.15) is 0 Å². The molecule has 0 bridgehead atoms. The van der Waals surface area contributed by atoms with Crippen LogP contribution in [0.3, 0.4) is 0 Å². The van der Waals surface area contributed by atoms with Crippen LogP contribution in [0.2, 0.25) is 0 Å². The van der Waals surface area contributed by atoms with Crippen molar-refractivity contribution >= 4 is 11.6 Å².